The lowest BCUT2D eigenvalue weighted by Gasteiger charge is -2.20. The topological polar surface area (TPSA) is 115 Å². The molecule has 4 N–H and O–H groups in total. The summed E-state index contributed by atoms with van der Waals surface area (Å²) in [6.45, 7) is 2.93. The molecule has 2 heterocycles. The maximum Gasteiger partial charge on any atom is 0.289 e. The Morgan fingerprint density at radius 3 is 2.86 bits per heavy atom. The van der Waals surface area contributed by atoms with Crippen LogP contribution in [-0.2, 0) is 0 Å². The quantitative estimate of drug-likeness (QED) is 0.764. The Morgan fingerprint density at radius 2 is 2.14 bits per heavy atom. The number of benzene rings is 1. The summed E-state index contributed by atoms with van der Waals surface area (Å²) in [5, 5.41) is 8.90. The number of aromatic amines is 1. The number of nitrogens with two attached hydrogens (primary N) is 1. The summed E-state index contributed by atoms with van der Waals surface area (Å²) in [5.41, 5.74) is 6.27. The maximum atomic E-state index is 12.0. The van der Waals surface area contributed by atoms with Crippen LogP contribution >= 0.6 is 0 Å². The molecule has 0 spiro atoms. The van der Waals surface area contributed by atoms with Crippen LogP contribution in [0.1, 0.15) is 29.1 Å². The van der Waals surface area contributed by atoms with Gasteiger partial charge >= 0.3 is 0 Å². The molecule has 8 nitrogen and oxygen atoms in total. The number of anilines is 1. The van der Waals surface area contributed by atoms with Crippen LogP contribution in [0.5, 0.6) is 11.5 Å². The number of carbonyl (C=O) groups is 1. The van der Waals surface area contributed by atoms with E-state index < -0.39 is 0 Å². The Labute approximate surface area is 120 Å². The SMILES string of the molecule is CC(NC(=O)c1nc(N)n[nH]1)c1ccc2c(c1)OCCO2. The average Bonchev–Trinajstić information content (AvgIpc) is 2.93. The van der Waals surface area contributed by atoms with Crippen LogP contribution in [0.15, 0.2) is 18.2 Å². The van der Waals surface area contributed by atoms with Gasteiger partial charge < -0.3 is 20.5 Å². The van der Waals surface area contributed by atoms with Gasteiger partial charge in [-0.15, -0.1) is 5.10 Å². The van der Waals surface area contributed by atoms with Gasteiger partial charge in [0.1, 0.15) is 13.2 Å². The highest BCUT2D eigenvalue weighted by Crippen LogP contribution is 2.32. The van der Waals surface area contributed by atoms with Crippen molar-refractivity contribution >= 4 is 11.9 Å². The summed E-state index contributed by atoms with van der Waals surface area (Å²) in [5.74, 6) is 1.14. The largest absolute Gasteiger partial charge is 0.486 e. The van der Waals surface area contributed by atoms with Crippen LogP contribution in [0.4, 0.5) is 5.95 Å². The third kappa shape index (κ3) is 2.73. The third-order valence-corrected chi connectivity index (χ3v) is 3.13. The van der Waals surface area contributed by atoms with Crippen LogP contribution in [0.3, 0.4) is 0 Å². The molecular formula is C13H15N5O3. The molecule has 21 heavy (non-hydrogen) atoms. The van der Waals surface area contributed by atoms with Gasteiger partial charge in [-0.2, -0.15) is 4.98 Å². The Hall–Kier alpha value is -2.77. The van der Waals surface area contributed by atoms with Crippen molar-refractivity contribution in [2.24, 2.45) is 0 Å². The number of hydrogen-bond acceptors (Lipinski definition) is 6. The van der Waals surface area contributed by atoms with E-state index >= 15 is 0 Å². The van der Waals surface area contributed by atoms with Gasteiger partial charge in [-0.25, -0.2) is 0 Å². The number of aromatic nitrogens is 3. The standard InChI is InChI=1S/C13H15N5O3/c1-7(15-12(19)11-16-13(14)18-17-11)8-2-3-9-10(6-8)21-5-4-20-9/h2-3,6-7H,4-5H2,1H3,(H,15,19)(H3,14,16,17,18). The second-order valence-corrected chi connectivity index (χ2v) is 4.64. The van der Waals surface area contributed by atoms with E-state index in [1.165, 1.54) is 0 Å². The minimum absolute atomic E-state index is 0.0344. The molecule has 1 aromatic heterocycles. The van der Waals surface area contributed by atoms with Gasteiger partial charge in [0.15, 0.2) is 11.5 Å². The molecule has 2 aromatic rings. The Morgan fingerprint density at radius 1 is 1.38 bits per heavy atom. The first kappa shape index (κ1) is 13.2. The molecule has 3 rings (SSSR count). The third-order valence-electron chi connectivity index (χ3n) is 3.13. The summed E-state index contributed by atoms with van der Waals surface area (Å²) in [6, 6.07) is 5.35. The number of H-pyrrole nitrogens is 1. The molecular weight excluding hydrogens is 274 g/mol. The zero-order valence-corrected chi connectivity index (χ0v) is 11.4. The van der Waals surface area contributed by atoms with E-state index in [9.17, 15) is 4.79 Å². The minimum atomic E-state index is -0.374. The van der Waals surface area contributed by atoms with Crippen LogP contribution in [0, 0.1) is 0 Å². The number of amides is 1. The number of rotatable bonds is 3. The first-order valence-electron chi connectivity index (χ1n) is 6.52. The number of nitrogens with zero attached hydrogens (tertiary/aromatic N) is 2. The molecule has 1 atom stereocenters. The van der Waals surface area contributed by atoms with Crippen molar-refractivity contribution in [3.8, 4) is 11.5 Å². The fraction of sp³-hybridized carbons (Fsp3) is 0.308. The second-order valence-electron chi connectivity index (χ2n) is 4.64. The highest BCUT2D eigenvalue weighted by Gasteiger charge is 2.17. The molecule has 110 valence electrons. The number of carbonyl (C=O) groups excluding carboxylic acids is 1. The van der Waals surface area contributed by atoms with Crippen LogP contribution in [0.25, 0.3) is 0 Å². The molecule has 1 unspecified atom stereocenters. The van der Waals surface area contributed by atoms with Gasteiger partial charge in [0, 0.05) is 0 Å². The Bertz CT molecular complexity index is 670. The van der Waals surface area contributed by atoms with Crippen molar-refractivity contribution in [3.63, 3.8) is 0 Å². The molecule has 8 heteroatoms. The summed E-state index contributed by atoms with van der Waals surface area (Å²) >= 11 is 0. The monoisotopic (exact) mass is 289 g/mol. The van der Waals surface area contributed by atoms with Gasteiger partial charge in [0.25, 0.3) is 5.91 Å². The highest BCUT2D eigenvalue weighted by molar-refractivity contribution is 5.90. The van der Waals surface area contributed by atoms with E-state index in [1.807, 2.05) is 25.1 Å². The van der Waals surface area contributed by atoms with Crippen molar-refractivity contribution < 1.29 is 14.3 Å². The number of fused-ring (bicyclic) bond motifs is 1. The fourth-order valence-electron chi connectivity index (χ4n) is 2.05. The lowest BCUT2D eigenvalue weighted by atomic mass is 10.1. The van der Waals surface area contributed by atoms with E-state index in [-0.39, 0.29) is 23.7 Å². The fourth-order valence-corrected chi connectivity index (χ4v) is 2.05. The van der Waals surface area contributed by atoms with Gasteiger partial charge in [0.05, 0.1) is 6.04 Å². The normalized spacial score (nSPS) is 14.5. The zero-order valence-electron chi connectivity index (χ0n) is 11.4. The summed E-state index contributed by atoms with van der Waals surface area (Å²) < 4.78 is 11.0. The lowest BCUT2D eigenvalue weighted by Crippen LogP contribution is -2.27. The Kier molecular flexibility index (Phi) is 3.35. The molecule has 0 radical (unpaired) electrons. The van der Waals surface area contributed by atoms with Gasteiger partial charge in [-0.05, 0) is 24.6 Å². The van der Waals surface area contributed by atoms with E-state index in [0.717, 1.165) is 5.56 Å². The van der Waals surface area contributed by atoms with Crippen LogP contribution < -0.4 is 20.5 Å². The lowest BCUT2D eigenvalue weighted by molar-refractivity contribution is 0.0929. The zero-order chi connectivity index (χ0) is 14.8. The molecule has 1 aliphatic heterocycles. The molecule has 1 aliphatic rings. The molecule has 0 fully saturated rings. The van der Waals surface area contributed by atoms with Gasteiger partial charge in [0.2, 0.25) is 11.8 Å². The highest BCUT2D eigenvalue weighted by atomic mass is 16.6. The van der Waals surface area contributed by atoms with E-state index in [1.54, 1.807) is 0 Å². The van der Waals surface area contributed by atoms with Crippen molar-refractivity contribution in [2.75, 3.05) is 18.9 Å². The molecule has 0 saturated heterocycles. The van der Waals surface area contributed by atoms with E-state index in [0.29, 0.717) is 24.7 Å². The summed E-state index contributed by atoms with van der Waals surface area (Å²) in [7, 11) is 0. The molecule has 1 amide bonds. The number of hydrogen-bond donors (Lipinski definition) is 3. The van der Waals surface area contributed by atoms with Crippen molar-refractivity contribution in [1.82, 2.24) is 20.5 Å². The molecule has 0 bridgehead atoms. The Balaban J connectivity index is 1.73. The van der Waals surface area contributed by atoms with Crippen LogP contribution in [0.2, 0.25) is 0 Å². The van der Waals surface area contributed by atoms with Gasteiger partial charge in [-0.3, -0.25) is 9.89 Å². The maximum absolute atomic E-state index is 12.0. The van der Waals surface area contributed by atoms with Crippen molar-refractivity contribution in [3.05, 3.63) is 29.6 Å². The smallest absolute Gasteiger partial charge is 0.289 e. The molecule has 1 aromatic carbocycles. The van der Waals surface area contributed by atoms with Gasteiger partial charge in [-0.1, -0.05) is 6.07 Å². The second kappa shape index (κ2) is 5.31. The summed E-state index contributed by atoms with van der Waals surface area (Å²) in [4.78, 5) is 15.8. The number of ether oxygens (including phenoxy) is 2. The number of nitrogen functional groups attached to an aromatic ring is 1. The van der Waals surface area contributed by atoms with E-state index in [2.05, 4.69) is 20.5 Å². The van der Waals surface area contributed by atoms with Crippen molar-refractivity contribution in [1.29, 1.82) is 0 Å². The minimum Gasteiger partial charge on any atom is -0.486 e. The molecule has 0 aliphatic carbocycles. The predicted molar refractivity (Wildman–Crippen MR) is 74.1 cm³/mol. The van der Waals surface area contributed by atoms with E-state index in [4.69, 9.17) is 15.2 Å². The van der Waals surface area contributed by atoms with Crippen LogP contribution in [-0.4, -0.2) is 34.3 Å². The predicted octanol–water partition coefficient (Wildman–Crippen LogP) is 0.649. The van der Waals surface area contributed by atoms with Crippen molar-refractivity contribution in [2.45, 2.75) is 13.0 Å². The molecule has 0 saturated carbocycles. The first-order valence-corrected chi connectivity index (χ1v) is 6.52. The first-order chi connectivity index (χ1) is 10.1. The average molecular weight is 289 g/mol. The summed E-state index contributed by atoms with van der Waals surface area (Å²) in [6.07, 6.45) is 0. The number of nitrogens with one attached hydrogen (secondary N) is 2.